The van der Waals surface area contributed by atoms with Gasteiger partial charge in [-0.1, -0.05) is 51.9 Å². The van der Waals surface area contributed by atoms with Crippen molar-refractivity contribution in [3.8, 4) is 0 Å². The first-order chi connectivity index (χ1) is 9.15. The van der Waals surface area contributed by atoms with Crippen molar-refractivity contribution in [2.75, 3.05) is 13.1 Å². The summed E-state index contributed by atoms with van der Waals surface area (Å²) >= 11 is 0. The van der Waals surface area contributed by atoms with Crippen molar-refractivity contribution in [2.45, 2.75) is 76.9 Å². The van der Waals surface area contributed by atoms with E-state index in [0.29, 0.717) is 13.0 Å². The first-order valence-corrected chi connectivity index (χ1v) is 7.80. The van der Waals surface area contributed by atoms with E-state index >= 15 is 0 Å². The lowest BCUT2D eigenvalue weighted by Crippen LogP contribution is -2.36. The fourth-order valence-electron chi connectivity index (χ4n) is 2.83. The largest absolute Gasteiger partial charge is 0.480 e. The van der Waals surface area contributed by atoms with Gasteiger partial charge < -0.3 is 10.2 Å². The van der Waals surface area contributed by atoms with Gasteiger partial charge in [0.05, 0.1) is 6.10 Å². The van der Waals surface area contributed by atoms with Crippen molar-refractivity contribution >= 4 is 5.97 Å². The van der Waals surface area contributed by atoms with Gasteiger partial charge in [0.2, 0.25) is 0 Å². The topological polar surface area (TPSA) is 60.8 Å². The number of aliphatic hydroxyl groups excluding tert-OH is 1. The second-order valence-corrected chi connectivity index (χ2v) is 5.71. The zero-order valence-corrected chi connectivity index (χ0v) is 12.2. The lowest BCUT2D eigenvalue weighted by atomic mass is 10.1. The third kappa shape index (κ3) is 6.39. The molecule has 0 bridgehead atoms. The maximum Gasteiger partial charge on any atom is 0.321 e. The van der Waals surface area contributed by atoms with Gasteiger partial charge in [0.25, 0.3) is 0 Å². The zero-order chi connectivity index (χ0) is 14.1. The van der Waals surface area contributed by atoms with E-state index in [1.165, 1.54) is 44.9 Å². The Hall–Kier alpha value is -0.610. The van der Waals surface area contributed by atoms with Crippen LogP contribution in [0.15, 0.2) is 0 Å². The first-order valence-electron chi connectivity index (χ1n) is 7.80. The number of nitrogens with zero attached hydrogens (tertiary/aromatic N) is 1. The molecule has 1 rings (SSSR count). The smallest absolute Gasteiger partial charge is 0.321 e. The molecule has 1 fully saturated rings. The van der Waals surface area contributed by atoms with Crippen molar-refractivity contribution in [1.29, 1.82) is 0 Å². The van der Waals surface area contributed by atoms with Crippen LogP contribution < -0.4 is 0 Å². The molecule has 1 saturated heterocycles. The maximum atomic E-state index is 11.0. The molecule has 0 aromatic rings. The third-order valence-corrected chi connectivity index (χ3v) is 3.97. The fourth-order valence-corrected chi connectivity index (χ4v) is 2.83. The molecule has 0 saturated carbocycles. The fraction of sp³-hybridized carbons (Fsp3) is 0.933. The molecular formula is C15H29NO3. The zero-order valence-electron chi connectivity index (χ0n) is 12.2. The molecule has 2 atom stereocenters. The van der Waals surface area contributed by atoms with Gasteiger partial charge in [-0.05, 0) is 13.0 Å². The number of carbonyl (C=O) groups is 1. The molecule has 19 heavy (non-hydrogen) atoms. The standard InChI is InChI=1S/C15H29NO3/c1-2-3-4-5-6-7-8-9-10-16-12-13(17)11-14(16)15(18)19/h13-14,17H,2-12H2,1H3,(H,18,19)/t13-,14-/m0/s1. The van der Waals surface area contributed by atoms with E-state index in [9.17, 15) is 9.90 Å². The SMILES string of the molecule is CCCCCCCCCCN1C[C@@H](O)C[C@H]1C(=O)O. The van der Waals surface area contributed by atoms with Crippen molar-refractivity contribution < 1.29 is 15.0 Å². The summed E-state index contributed by atoms with van der Waals surface area (Å²) in [4.78, 5) is 13.0. The number of carboxylic acids is 1. The molecule has 0 aromatic heterocycles. The summed E-state index contributed by atoms with van der Waals surface area (Å²) in [6.45, 7) is 3.56. The molecule has 1 aliphatic rings. The average molecular weight is 271 g/mol. The molecule has 0 aromatic carbocycles. The number of carboxylic acid groups (broad SMARTS) is 1. The molecule has 1 aliphatic heterocycles. The van der Waals surface area contributed by atoms with Gasteiger partial charge in [-0.15, -0.1) is 0 Å². The van der Waals surface area contributed by atoms with Crippen LogP contribution in [-0.2, 0) is 4.79 Å². The van der Waals surface area contributed by atoms with Gasteiger partial charge in [0.15, 0.2) is 0 Å². The second kappa shape index (κ2) is 9.32. The van der Waals surface area contributed by atoms with Crippen LogP contribution in [0.5, 0.6) is 0 Å². The monoisotopic (exact) mass is 271 g/mol. The number of rotatable bonds is 10. The Kier molecular flexibility index (Phi) is 8.07. The van der Waals surface area contributed by atoms with E-state index in [0.717, 1.165) is 13.0 Å². The van der Waals surface area contributed by atoms with Gasteiger partial charge in [-0.2, -0.15) is 0 Å². The van der Waals surface area contributed by atoms with Crippen LogP contribution >= 0.6 is 0 Å². The normalized spacial score (nSPS) is 23.9. The quantitative estimate of drug-likeness (QED) is 0.600. The van der Waals surface area contributed by atoms with E-state index in [2.05, 4.69) is 6.92 Å². The maximum absolute atomic E-state index is 11.0. The average Bonchev–Trinajstić information content (AvgIpc) is 2.74. The molecule has 4 nitrogen and oxygen atoms in total. The molecule has 0 radical (unpaired) electrons. The second-order valence-electron chi connectivity index (χ2n) is 5.71. The van der Waals surface area contributed by atoms with Crippen LogP contribution in [0.25, 0.3) is 0 Å². The Labute approximate surface area is 116 Å². The molecular weight excluding hydrogens is 242 g/mol. The van der Waals surface area contributed by atoms with Crippen LogP contribution in [-0.4, -0.2) is 46.3 Å². The van der Waals surface area contributed by atoms with Crippen molar-refractivity contribution in [1.82, 2.24) is 4.90 Å². The number of hydrogen-bond donors (Lipinski definition) is 2. The minimum atomic E-state index is -0.795. The molecule has 112 valence electrons. The Bertz CT molecular complexity index is 258. The van der Waals surface area contributed by atoms with Crippen LogP contribution in [0.3, 0.4) is 0 Å². The van der Waals surface area contributed by atoms with Gasteiger partial charge in [0.1, 0.15) is 6.04 Å². The van der Waals surface area contributed by atoms with Crippen LogP contribution in [0.4, 0.5) is 0 Å². The highest BCUT2D eigenvalue weighted by atomic mass is 16.4. The summed E-state index contributed by atoms with van der Waals surface area (Å²) in [6.07, 6.45) is 9.98. The molecule has 1 heterocycles. The third-order valence-electron chi connectivity index (χ3n) is 3.97. The minimum absolute atomic E-state index is 0.381. The molecule has 4 heteroatoms. The molecule has 0 spiro atoms. The van der Waals surface area contributed by atoms with Gasteiger partial charge in [-0.3, -0.25) is 9.69 Å². The Balaban J connectivity index is 2.04. The summed E-state index contributed by atoms with van der Waals surface area (Å²) in [5.74, 6) is -0.795. The summed E-state index contributed by atoms with van der Waals surface area (Å²) < 4.78 is 0. The number of hydrogen-bond acceptors (Lipinski definition) is 3. The van der Waals surface area contributed by atoms with E-state index in [4.69, 9.17) is 5.11 Å². The van der Waals surface area contributed by atoms with Gasteiger partial charge in [0, 0.05) is 13.0 Å². The number of β-amino-alcohol motifs (C(OH)–C–C–N with tert-alkyl or cyclic N) is 1. The van der Waals surface area contributed by atoms with Crippen molar-refractivity contribution in [2.24, 2.45) is 0 Å². The number of aliphatic carboxylic acids is 1. The number of unbranched alkanes of at least 4 members (excludes halogenated alkanes) is 7. The number of aliphatic hydroxyl groups is 1. The Morgan fingerprint density at radius 1 is 1.11 bits per heavy atom. The predicted molar refractivity (Wildman–Crippen MR) is 76.2 cm³/mol. The lowest BCUT2D eigenvalue weighted by Gasteiger charge is -2.20. The number of likely N-dealkylation sites (tertiary alicyclic amines) is 1. The van der Waals surface area contributed by atoms with Crippen LogP contribution in [0, 0.1) is 0 Å². The molecule has 0 aliphatic carbocycles. The van der Waals surface area contributed by atoms with E-state index in [-0.39, 0.29) is 0 Å². The summed E-state index contributed by atoms with van der Waals surface area (Å²) in [6, 6.07) is -0.473. The summed E-state index contributed by atoms with van der Waals surface area (Å²) in [5, 5.41) is 18.6. The van der Waals surface area contributed by atoms with E-state index in [1.54, 1.807) is 0 Å². The van der Waals surface area contributed by atoms with Crippen LogP contribution in [0.1, 0.15) is 64.7 Å². The van der Waals surface area contributed by atoms with Gasteiger partial charge in [-0.25, -0.2) is 0 Å². The summed E-state index contributed by atoms with van der Waals surface area (Å²) in [7, 11) is 0. The minimum Gasteiger partial charge on any atom is -0.480 e. The Morgan fingerprint density at radius 2 is 1.68 bits per heavy atom. The summed E-state index contributed by atoms with van der Waals surface area (Å²) in [5.41, 5.74) is 0. The first kappa shape index (κ1) is 16.4. The van der Waals surface area contributed by atoms with Gasteiger partial charge >= 0.3 is 5.97 Å². The van der Waals surface area contributed by atoms with Crippen molar-refractivity contribution in [3.63, 3.8) is 0 Å². The highest BCUT2D eigenvalue weighted by molar-refractivity contribution is 5.74. The van der Waals surface area contributed by atoms with Crippen LogP contribution in [0.2, 0.25) is 0 Å². The van der Waals surface area contributed by atoms with Crippen molar-refractivity contribution in [3.05, 3.63) is 0 Å². The van der Waals surface area contributed by atoms with E-state index < -0.39 is 18.1 Å². The molecule has 0 unspecified atom stereocenters. The lowest BCUT2D eigenvalue weighted by molar-refractivity contribution is -0.142. The highest BCUT2D eigenvalue weighted by Crippen LogP contribution is 2.19. The molecule has 2 N–H and O–H groups in total. The predicted octanol–water partition coefficient (Wildman–Crippen LogP) is 2.65. The highest BCUT2D eigenvalue weighted by Gasteiger charge is 2.35. The Morgan fingerprint density at radius 3 is 2.26 bits per heavy atom. The van der Waals surface area contributed by atoms with E-state index in [1.807, 2.05) is 4.90 Å². The molecule has 0 amide bonds.